The van der Waals surface area contributed by atoms with E-state index in [1.54, 1.807) is 36.2 Å². The number of rotatable bonds is 5. The van der Waals surface area contributed by atoms with Gasteiger partial charge in [0.25, 0.3) is 5.91 Å². The minimum Gasteiger partial charge on any atom is -0.504 e. The standard InChI is InChI=1S/C16H16ClNO3/c1-18(10-12-5-4-6-13(17)9-12)16(20)11-21-15-8-3-2-7-14(15)19/h2-9,19H,10-11H2,1H3. The fourth-order valence-corrected chi connectivity index (χ4v) is 2.04. The van der Waals surface area contributed by atoms with Crippen molar-refractivity contribution >= 4 is 17.5 Å². The average molecular weight is 306 g/mol. The van der Waals surface area contributed by atoms with Crippen molar-refractivity contribution in [2.75, 3.05) is 13.7 Å². The molecule has 2 aromatic rings. The molecule has 0 aliphatic carbocycles. The summed E-state index contributed by atoms with van der Waals surface area (Å²) >= 11 is 5.91. The number of likely N-dealkylation sites (N-methyl/N-ethyl adjacent to an activating group) is 1. The van der Waals surface area contributed by atoms with Crippen LogP contribution in [0.3, 0.4) is 0 Å². The van der Waals surface area contributed by atoms with Gasteiger partial charge in [0.2, 0.25) is 0 Å². The summed E-state index contributed by atoms with van der Waals surface area (Å²) in [6, 6.07) is 13.9. The number of nitrogens with zero attached hydrogens (tertiary/aromatic N) is 1. The zero-order chi connectivity index (χ0) is 15.2. The van der Waals surface area contributed by atoms with Crippen LogP contribution in [-0.4, -0.2) is 29.6 Å². The van der Waals surface area contributed by atoms with Crippen LogP contribution in [0.1, 0.15) is 5.56 Å². The minimum atomic E-state index is -0.182. The summed E-state index contributed by atoms with van der Waals surface area (Å²) in [5.74, 6) is 0.128. The van der Waals surface area contributed by atoms with E-state index in [4.69, 9.17) is 16.3 Å². The maximum atomic E-state index is 12.0. The Kier molecular flexibility index (Phi) is 5.06. The number of phenolic OH excluding ortho intramolecular Hbond substituents is 1. The van der Waals surface area contributed by atoms with Crippen molar-refractivity contribution in [1.82, 2.24) is 4.90 Å². The summed E-state index contributed by atoms with van der Waals surface area (Å²) in [5.41, 5.74) is 0.945. The van der Waals surface area contributed by atoms with E-state index in [-0.39, 0.29) is 18.3 Å². The number of carbonyl (C=O) groups excluding carboxylic acids is 1. The molecule has 2 aromatic carbocycles. The predicted molar refractivity (Wildman–Crippen MR) is 81.5 cm³/mol. The fourth-order valence-electron chi connectivity index (χ4n) is 1.83. The van der Waals surface area contributed by atoms with Crippen molar-refractivity contribution in [3.05, 3.63) is 59.1 Å². The third-order valence-corrected chi connectivity index (χ3v) is 3.19. The Hall–Kier alpha value is -2.20. The van der Waals surface area contributed by atoms with Crippen molar-refractivity contribution in [2.45, 2.75) is 6.54 Å². The topological polar surface area (TPSA) is 49.8 Å². The van der Waals surface area contributed by atoms with Crippen molar-refractivity contribution in [2.24, 2.45) is 0 Å². The lowest BCUT2D eigenvalue weighted by molar-refractivity contribution is -0.132. The van der Waals surface area contributed by atoms with Crippen molar-refractivity contribution in [1.29, 1.82) is 0 Å². The highest BCUT2D eigenvalue weighted by molar-refractivity contribution is 6.30. The van der Waals surface area contributed by atoms with E-state index < -0.39 is 0 Å². The van der Waals surface area contributed by atoms with Crippen molar-refractivity contribution in [3.63, 3.8) is 0 Å². The average Bonchev–Trinajstić information content (AvgIpc) is 2.46. The summed E-state index contributed by atoms with van der Waals surface area (Å²) < 4.78 is 5.31. The molecule has 0 spiro atoms. The van der Waals surface area contributed by atoms with Gasteiger partial charge >= 0.3 is 0 Å². The van der Waals surface area contributed by atoms with E-state index in [1.807, 2.05) is 18.2 Å². The fraction of sp³-hybridized carbons (Fsp3) is 0.188. The minimum absolute atomic E-state index is 0.0165. The number of aromatic hydroxyl groups is 1. The summed E-state index contributed by atoms with van der Waals surface area (Å²) in [6.45, 7) is 0.318. The van der Waals surface area contributed by atoms with E-state index >= 15 is 0 Å². The molecule has 0 bridgehead atoms. The Balaban J connectivity index is 1.90. The normalized spacial score (nSPS) is 10.2. The zero-order valence-electron chi connectivity index (χ0n) is 11.6. The first-order chi connectivity index (χ1) is 10.1. The van der Waals surface area contributed by atoms with Crippen LogP contribution in [0.2, 0.25) is 5.02 Å². The molecule has 0 saturated heterocycles. The van der Waals surface area contributed by atoms with Crippen LogP contribution < -0.4 is 4.74 Å². The van der Waals surface area contributed by atoms with Crippen LogP contribution >= 0.6 is 11.6 Å². The molecule has 5 heteroatoms. The molecule has 0 saturated carbocycles. The van der Waals surface area contributed by atoms with Gasteiger partial charge in [-0.2, -0.15) is 0 Å². The number of halogens is 1. The summed E-state index contributed by atoms with van der Waals surface area (Å²) in [4.78, 5) is 13.6. The quantitative estimate of drug-likeness (QED) is 0.923. The molecule has 2 rings (SSSR count). The Morgan fingerprint density at radius 1 is 1.24 bits per heavy atom. The monoisotopic (exact) mass is 305 g/mol. The second-order valence-corrected chi connectivity index (χ2v) is 5.07. The number of ether oxygens (including phenoxy) is 1. The SMILES string of the molecule is CN(Cc1cccc(Cl)c1)C(=O)COc1ccccc1O. The number of amides is 1. The Labute approximate surface area is 128 Å². The van der Waals surface area contributed by atoms with Gasteiger partial charge in [-0.05, 0) is 29.8 Å². The molecule has 4 nitrogen and oxygen atoms in total. The molecule has 0 aliphatic rings. The Morgan fingerprint density at radius 3 is 2.71 bits per heavy atom. The van der Waals surface area contributed by atoms with Crippen LogP contribution in [0.25, 0.3) is 0 Å². The molecule has 0 heterocycles. The third-order valence-electron chi connectivity index (χ3n) is 2.95. The van der Waals surface area contributed by atoms with Crippen LogP contribution in [0.5, 0.6) is 11.5 Å². The van der Waals surface area contributed by atoms with E-state index in [0.717, 1.165) is 5.56 Å². The molecule has 0 aromatic heterocycles. The molecule has 110 valence electrons. The maximum Gasteiger partial charge on any atom is 0.260 e. The molecule has 0 fully saturated rings. The number of hydrogen-bond acceptors (Lipinski definition) is 3. The van der Waals surface area contributed by atoms with E-state index in [1.165, 1.54) is 6.07 Å². The van der Waals surface area contributed by atoms with Crippen molar-refractivity contribution in [3.8, 4) is 11.5 Å². The van der Waals surface area contributed by atoms with Gasteiger partial charge in [0.15, 0.2) is 18.1 Å². The van der Waals surface area contributed by atoms with Crippen LogP contribution in [0.4, 0.5) is 0 Å². The molecular weight excluding hydrogens is 290 g/mol. The second-order valence-electron chi connectivity index (χ2n) is 4.64. The first-order valence-electron chi connectivity index (χ1n) is 6.45. The lowest BCUT2D eigenvalue weighted by Gasteiger charge is -2.18. The molecule has 0 unspecified atom stereocenters. The second kappa shape index (κ2) is 6.99. The highest BCUT2D eigenvalue weighted by Crippen LogP contribution is 2.24. The smallest absolute Gasteiger partial charge is 0.260 e. The lowest BCUT2D eigenvalue weighted by atomic mass is 10.2. The molecule has 0 radical (unpaired) electrons. The third kappa shape index (κ3) is 4.39. The van der Waals surface area contributed by atoms with Gasteiger partial charge in [-0.1, -0.05) is 35.9 Å². The predicted octanol–water partition coefficient (Wildman–Crippen LogP) is 3.08. The first kappa shape index (κ1) is 15.2. The Bertz CT molecular complexity index is 630. The number of benzene rings is 2. The van der Waals surface area contributed by atoms with E-state index in [0.29, 0.717) is 17.3 Å². The highest BCUT2D eigenvalue weighted by Gasteiger charge is 2.11. The van der Waals surface area contributed by atoms with Gasteiger partial charge in [0, 0.05) is 18.6 Å². The summed E-state index contributed by atoms with van der Waals surface area (Å²) in [5, 5.41) is 10.2. The molecule has 1 N–H and O–H groups in total. The van der Waals surface area contributed by atoms with Gasteiger partial charge in [-0.15, -0.1) is 0 Å². The molecule has 0 atom stereocenters. The van der Waals surface area contributed by atoms with Gasteiger partial charge in [-0.25, -0.2) is 0 Å². The maximum absolute atomic E-state index is 12.0. The summed E-state index contributed by atoms with van der Waals surface area (Å²) in [7, 11) is 1.69. The van der Waals surface area contributed by atoms with Gasteiger partial charge in [0.05, 0.1) is 0 Å². The molecule has 1 amide bonds. The molecular formula is C16H16ClNO3. The molecule has 0 aliphatic heterocycles. The van der Waals surface area contributed by atoms with Crippen LogP contribution in [0, 0.1) is 0 Å². The van der Waals surface area contributed by atoms with Gasteiger partial charge in [-0.3, -0.25) is 4.79 Å². The van der Waals surface area contributed by atoms with E-state index in [9.17, 15) is 9.90 Å². The van der Waals surface area contributed by atoms with E-state index in [2.05, 4.69) is 0 Å². The largest absolute Gasteiger partial charge is 0.504 e. The number of para-hydroxylation sites is 2. The van der Waals surface area contributed by atoms with Gasteiger partial charge in [0.1, 0.15) is 0 Å². The number of hydrogen-bond donors (Lipinski definition) is 1. The highest BCUT2D eigenvalue weighted by atomic mass is 35.5. The number of carbonyl (C=O) groups is 1. The first-order valence-corrected chi connectivity index (χ1v) is 6.83. The Morgan fingerprint density at radius 2 is 2.00 bits per heavy atom. The number of phenols is 1. The molecule has 21 heavy (non-hydrogen) atoms. The van der Waals surface area contributed by atoms with Crippen LogP contribution in [-0.2, 0) is 11.3 Å². The van der Waals surface area contributed by atoms with Gasteiger partial charge < -0.3 is 14.7 Å². The lowest BCUT2D eigenvalue weighted by Crippen LogP contribution is -2.30. The van der Waals surface area contributed by atoms with Crippen LogP contribution in [0.15, 0.2) is 48.5 Å². The zero-order valence-corrected chi connectivity index (χ0v) is 12.4. The van der Waals surface area contributed by atoms with Crippen molar-refractivity contribution < 1.29 is 14.6 Å². The summed E-state index contributed by atoms with van der Waals surface area (Å²) in [6.07, 6.45) is 0.